The second-order valence-electron chi connectivity index (χ2n) is 4.51. The van der Waals surface area contributed by atoms with E-state index in [1.165, 1.54) is 11.1 Å². The molecule has 0 aromatic carbocycles. The van der Waals surface area contributed by atoms with Crippen LogP contribution in [0, 0.1) is 6.92 Å². The van der Waals surface area contributed by atoms with Crippen LogP contribution >= 0.6 is 11.3 Å². The van der Waals surface area contributed by atoms with Gasteiger partial charge in [0.2, 0.25) is 11.9 Å². The van der Waals surface area contributed by atoms with Gasteiger partial charge in [0.25, 0.3) is 0 Å². The van der Waals surface area contributed by atoms with Gasteiger partial charge >= 0.3 is 6.01 Å². The summed E-state index contributed by atoms with van der Waals surface area (Å²) in [5.74, 6) is 6.04. The van der Waals surface area contributed by atoms with Gasteiger partial charge in [-0.05, 0) is 42.7 Å². The van der Waals surface area contributed by atoms with Crippen molar-refractivity contribution in [2.75, 3.05) is 10.7 Å². The average molecular weight is 294 g/mol. The predicted octanol–water partition coefficient (Wildman–Crippen LogP) is 1.93. The van der Waals surface area contributed by atoms with Crippen LogP contribution in [0.25, 0.3) is 0 Å². The van der Waals surface area contributed by atoms with Gasteiger partial charge in [0.05, 0.1) is 6.10 Å². The number of nitrogens with two attached hydrogens (primary N) is 1. The van der Waals surface area contributed by atoms with Gasteiger partial charge in [-0.3, -0.25) is 5.43 Å². The van der Waals surface area contributed by atoms with E-state index in [1.54, 1.807) is 11.3 Å². The SMILES string of the molecule is Cc1cscc1CNc1nc(NN)nc(OC(C)C)n1. The number of hydrogen-bond acceptors (Lipinski definition) is 8. The Hall–Kier alpha value is -1.93. The molecule has 0 aliphatic heterocycles. The highest BCUT2D eigenvalue weighted by molar-refractivity contribution is 7.08. The van der Waals surface area contributed by atoms with E-state index in [2.05, 4.69) is 43.4 Å². The van der Waals surface area contributed by atoms with E-state index in [4.69, 9.17) is 10.6 Å². The maximum atomic E-state index is 5.46. The van der Waals surface area contributed by atoms with Crippen molar-refractivity contribution in [1.82, 2.24) is 15.0 Å². The lowest BCUT2D eigenvalue weighted by Gasteiger charge is -2.11. The highest BCUT2D eigenvalue weighted by atomic mass is 32.1. The number of aromatic nitrogens is 3. The Morgan fingerprint density at radius 1 is 1.25 bits per heavy atom. The Morgan fingerprint density at radius 2 is 2.00 bits per heavy atom. The lowest BCUT2D eigenvalue weighted by atomic mass is 10.2. The molecule has 2 rings (SSSR count). The fourth-order valence-corrected chi connectivity index (χ4v) is 2.36. The van der Waals surface area contributed by atoms with Gasteiger partial charge in [-0.2, -0.15) is 26.3 Å². The third-order valence-corrected chi connectivity index (χ3v) is 3.39. The lowest BCUT2D eigenvalue weighted by molar-refractivity contribution is 0.222. The van der Waals surface area contributed by atoms with Gasteiger partial charge in [0.1, 0.15) is 0 Å². The minimum Gasteiger partial charge on any atom is -0.461 e. The van der Waals surface area contributed by atoms with E-state index in [-0.39, 0.29) is 18.1 Å². The van der Waals surface area contributed by atoms with E-state index >= 15 is 0 Å². The van der Waals surface area contributed by atoms with E-state index in [1.807, 2.05) is 13.8 Å². The number of rotatable bonds is 6. The molecule has 0 saturated heterocycles. The maximum absolute atomic E-state index is 5.46. The maximum Gasteiger partial charge on any atom is 0.323 e. The number of aryl methyl sites for hydroxylation is 1. The number of hydrogen-bond donors (Lipinski definition) is 3. The Kier molecular flexibility index (Phi) is 4.70. The Bertz CT molecular complexity index is 571. The lowest BCUT2D eigenvalue weighted by Crippen LogP contribution is -2.16. The topological polar surface area (TPSA) is 98.0 Å². The van der Waals surface area contributed by atoms with E-state index < -0.39 is 0 Å². The summed E-state index contributed by atoms with van der Waals surface area (Å²) in [6.07, 6.45) is -0.0185. The number of anilines is 2. The van der Waals surface area contributed by atoms with E-state index in [0.717, 1.165) is 0 Å². The van der Waals surface area contributed by atoms with Gasteiger partial charge in [0, 0.05) is 6.54 Å². The van der Waals surface area contributed by atoms with Gasteiger partial charge in [-0.25, -0.2) is 5.84 Å². The summed E-state index contributed by atoms with van der Waals surface area (Å²) >= 11 is 1.67. The number of nitrogens with one attached hydrogen (secondary N) is 2. The van der Waals surface area contributed by atoms with Gasteiger partial charge in [-0.15, -0.1) is 0 Å². The van der Waals surface area contributed by atoms with Gasteiger partial charge in [0.15, 0.2) is 0 Å². The van der Waals surface area contributed by atoms with Crippen LogP contribution in [-0.2, 0) is 6.54 Å². The van der Waals surface area contributed by atoms with Crippen LogP contribution in [0.3, 0.4) is 0 Å². The summed E-state index contributed by atoms with van der Waals surface area (Å²) in [5, 5.41) is 7.34. The van der Waals surface area contributed by atoms with Crippen molar-refractivity contribution in [3.05, 3.63) is 21.9 Å². The molecule has 0 aliphatic rings. The Balaban J connectivity index is 2.12. The molecule has 0 unspecified atom stereocenters. The fourth-order valence-electron chi connectivity index (χ4n) is 1.51. The summed E-state index contributed by atoms with van der Waals surface area (Å²) in [7, 11) is 0. The molecule has 108 valence electrons. The molecule has 0 fully saturated rings. The molecule has 2 aromatic rings. The van der Waals surface area contributed by atoms with Crippen LogP contribution in [0.1, 0.15) is 25.0 Å². The fraction of sp³-hybridized carbons (Fsp3) is 0.417. The van der Waals surface area contributed by atoms with Crippen LogP contribution in [0.5, 0.6) is 6.01 Å². The van der Waals surface area contributed by atoms with Crippen LogP contribution in [0.4, 0.5) is 11.9 Å². The quantitative estimate of drug-likeness (QED) is 0.553. The third-order valence-electron chi connectivity index (χ3n) is 2.48. The molecule has 2 aromatic heterocycles. The van der Waals surface area contributed by atoms with Crippen LogP contribution in [0.15, 0.2) is 10.8 Å². The zero-order chi connectivity index (χ0) is 14.5. The molecule has 0 bridgehead atoms. The van der Waals surface area contributed by atoms with Crippen molar-refractivity contribution >= 4 is 23.2 Å². The van der Waals surface area contributed by atoms with Crippen molar-refractivity contribution in [1.29, 1.82) is 0 Å². The molecule has 0 radical (unpaired) electrons. The molecular formula is C12H18N6OS. The number of nitrogens with zero attached hydrogens (tertiary/aromatic N) is 3. The molecule has 4 N–H and O–H groups in total. The zero-order valence-corrected chi connectivity index (χ0v) is 12.5. The first-order valence-electron chi connectivity index (χ1n) is 6.23. The number of hydrazine groups is 1. The van der Waals surface area contributed by atoms with E-state index in [9.17, 15) is 0 Å². The first-order chi connectivity index (χ1) is 9.58. The van der Waals surface area contributed by atoms with Crippen LogP contribution in [-0.4, -0.2) is 21.1 Å². The number of thiophene rings is 1. The van der Waals surface area contributed by atoms with E-state index in [0.29, 0.717) is 12.5 Å². The molecule has 2 heterocycles. The van der Waals surface area contributed by atoms with Crippen LogP contribution < -0.4 is 21.3 Å². The van der Waals surface area contributed by atoms with Crippen LogP contribution in [0.2, 0.25) is 0 Å². The molecule has 0 atom stereocenters. The van der Waals surface area contributed by atoms with Crippen molar-refractivity contribution < 1.29 is 4.74 Å². The molecule has 0 amide bonds. The van der Waals surface area contributed by atoms with Gasteiger partial charge < -0.3 is 10.1 Å². The molecular weight excluding hydrogens is 276 g/mol. The predicted molar refractivity (Wildman–Crippen MR) is 79.8 cm³/mol. The highest BCUT2D eigenvalue weighted by Crippen LogP contribution is 2.16. The molecule has 7 nitrogen and oxygen atoms in total. The monoisotopic (exact) mass is 294 g/mol. The van der Waals surface area contributed by atoms with Crippen molar-refractivity contribution in [3.8, 4) is 6.01 Å². The smallest absolute Gasteiger partial charge is 0.323 e. The molecule has 0 saturated carbocycles. The zero-order valence-electron chi connectivity index (χ0n) is 11.7. The summed E-state index contributed by atoms with van der Waals surface area (Å²) in [6, 6.07) is 0.243. The number of ether oxygens (including phenoxy) is 1. The summed E-state index contributed by atoms with van der Waals surface area (Å²) < 4.78 is 5.46. The second kappa shape index (κ2) is 6.49. The van der Waals surface area contributed by atoms with Crippen molar-refractivity contribution in [2.24, 2.45) is 5.84 Å². The summed E-state index contributed by atoms with van der Waals surface area (Å²) in [6.45, 7) is 6.52. The molecule has 20 heavy (non-hydrogen) atoms. The average Bonchev–Trinajstić information content (AvgIpc) is 2.81. The largest absolute Gasteiger partial charge is 0.461 e. The molecule has 8 heteroatoms. The first-order valence-corrected chi connectivity index (χ1v) is 7.17. The first kappa shape index (κ1) is 14.5. The number of nitrogen functional groups attached to an aromatic ring is 1. The minimum atomic E-state index is -0.0185. The summed E-state index contributed by atoms with van der Waals surface area (Å²) in [4.78, 5) is 12.4. The normalized spacial score (nSPS) is 10.7. The van der Waals surface area contributed by atoms with Gasteiger partial charge in [-0.1, -0.05) is 0 Å². The molecule has 0 spiro atoms. The second-order valence-corrected chi connectivity index (χ2v) is 5.25. The Morgan fingerprint density at radius 3 is 2.60 bits per heavy atom. The van der Waals surface area contributed by atoms with Crippen molar-refractivity contribution in [3.63, 3.8) is 0 Å². The minimum absolute atomic E-state index is 0.0185. The Labute approximate surface area is 121 Å². The third kappa shape index (κ3) is 3.78. The highest BCUT2D eigenvalue weighted by Gasteiger charge is 2.09. The summed E-state index contributed by atoms with van der Waals surface area (Å²) in [5.41, 5.74) is 4.86. The van der Waals surface area contributed by atoms with Crippen molar-refractivity contribution in [2.45, 2.75) is 33.4 Å². The molecule has 0 aliphatic carbocycles. The standard InChI is InChI=1S/C12H18N6OS/c1-7(2)19-12-16-10(15-11(17-12)18-13)14-4-9-6-20-5-8(9)3/h5-7H,4,13H2,1-3H3,(H2,14,15,16,17,18).